The zero-order chi connectivity index (χ0) is 14.1. The van der Waals surface area contributed by atoms with Crippen LogP contribution in [0.4, 0.5) is 4.39 Å². The van der Waals surface area contributed by atoms with Crippen LogP contribution in [0.25, 0.3) is 0 Å². The van der Waals surface area contributed by atoms with E-state index in [1.165, 1.54) is 12.1 Å². The van der Waals surface area contributed by atoms with Crippen molar-refractivity contribution in [2.75, 3.05) is 13.2 Å². The van der Waals surface area contributed by atoms with Gasteiger partial charge in [-0.05, 0) is 29.3 Å². The molecule has 3 rings (SSSR count). The lowest BCUT2D eigenvalue weighted by Crippen LogP contribution is -2.17. The summed E-state index contributed by atoms with van der Waals surface area (Å²) in [7, 11) is 0. The van der Waals surface area contributed by atoms with E-state index in [1.54, 1.807) is 24.3 Å². The monoisotopic (exact) mass is 293 g/mol. The third-order valence-electron chi connectivity index (χ3n) is 3.20. The van der Waals surface area contributed by atoms with Gasteiger partial charge in [0.25, 0.3) is 0 Å². The molecule has 1 aliphatic rings. The molecule has 0 spiro atoms. The van der Waals surface area contributed by atoms with Crippen LogP contribution in [0, 0.1) is 5.82 Å². The van der Waals surface area contributed by atoms with Crippen LogP contribution in [-0.2, 0) is 0 Å². The summed E-state index contributed by atoms with van der Waals surface area (Å²) in [6, 6.07) is 9.09. The SMILES string of the molecule is NC(c1cccc(F)c1)c1cc2c(cc1Cl)OCCO2. The van der Waals surface area contributed by atoms with E-state index in [0.717, 1.165) is 0 Å². The Kier molecular flexibility index (Phi) is 3.51. The van der Waals surface area contributed by atoms with Crippen LogP contribution < -0.4 is 15.2 Å². The molecule has 1 aliphatic heterocycles. The number of hydrogen-bond donors (Lipinski definition) is 1. The molecule has 0 aromatic heterocycles. The first-order valence-corrected chi connectivity index (χ1v) is 6.63. The fourth-order valence-electron chi connectivity index (χ4n) is 2.20. The van der Waals surface area contributed by atoms with Gasteiger partial charge in [0.2, 0.25) is 0 Å². The highest BCUT2D eigenvalue weighted by Gasteiger charge is 2.19. The highest BCUT2D eigenvalue weighted by atomic mass is 35.5. The first-order chi connectivity index (χ1) is 9.65. The van der Waals surface area contributed by atoms with E-state index in [2.05, 4.69) is 0 Å². The highest BCUT2D eigenvalue weighted by molar-refractivity contribution is 6.31. The second-order valence-corrected chi connectivity index (χ2v) is 4.96. The molecule has 1 atom stereocenters. The molecule has 1 heterocycles. The Bertz CT molecular complexity index is 648. The van der Waals surface area contributed by atoms with Crippen LogP contribution in [0.3, 0.4) is 0 Å². The molecule has 0 saturated heterocycles. The van der Waals surface area contributed by atoms with Crippen LogP contribution in [0.1, 0.15) is 17.2 Å². The normalized spacial score (nSPS) is 14.9. The van der Waals surface area contributed by atoms with Gasteiger partial charge in [-0.15, -0.1) is 0 Å². The first-order valence-electron chi connectivity index (χ1n) is 6.25. The second kappa shape index (κ2) is 5.31. The van der Waals surface area contributed by atoms with Crippen LogP contribution in [0.15, 0.2) is 36.4 Å². The van der Waals surface area contributed by atoms with E-state index in [4.69, 9.17) is 26.8 Å². The maximum Gasteiger partial charge on any atom is 0.162 e. The van der Waals surface area contributed by atoms with E-state index in [-0.39, 0.29) is 5.82 Å². The van der Waals surface area contributed by atoms with Gasteiger partial charge < -0.3 is 15.2 Å². The van der Waals surface area contributed by atoms with E-state index in [0.29, 0.717) is 40.9 Å². The number of hydrogen-bond acceptors (Lipinski definition) is 3. The summed E-state index contributed by atoms with van der Waals surface area (Å²) in [6.07, 6.45) is 0. The Labute approximate surface area is 121 Å². The average Bonchev–Trinajstić information content (AvgIpc) is 2.46. The lowest BCUT2D eigenvalue weighted by atomic mass is 9.99. The van der Waals surface area contributed by atoms with Gasteiger partial charge in [0, 0.05) is 11.1 Å². The van der Waals surface area contributed by atoms with Gasteiger partial charge in [-0.25, -0.2) is 4.39 Å². The number of ether oxygens (including phenoxy) is 2. The van der Waals surface area contributed by atoms with Crippen LogP contribution in [0.5, 0.6) is 11.5 Å². The molecule has 0 saturated carbocycles. The maximum atomic E-state index is 13.3. The van der Waals surface area contributed by atoms with Crippen molar-refractivity contribution in [1.29, 1.82) is 0 Å². The third-order valence-corrected chi connectivity index (χ3v) is 3.53. The minimum atomic E-state index is -0.519. The average molecular weight is 294 g/mol. The molecule has 0 amide bonds. The second-order valence-electron chi connectivity index (χ2n) is 4.55. The third kappa shape index (κ3) is 2.44. The number of fused-ring (bicyclic) bond motifs is 1. The zero-order valence-electron chi connectivity index (χ0n) is 10.6. The molecule has 104 valence electrons. The van der Waals surface area contributed by atoms with Crippen molar-refractivity contribution < 1.29 is 13.9 Å². The van der Waals surface area contributed by atoms with E-state index < -0.39 is 6.04 Å². The van der Waals surface area contributed by atoms with E-state index in [9.17, 15) is 4.39 Å². The summed E-state index contributed by atoms with van der Waals surface area (Å²) >= 11 is 6.24. The Morgan fingerprint density at radius 1 is 1.10 bits per heavy atom. The molecule has 0 radical (unpaired) electrons. The Morgan fingerprint density at radius 3 is 2.50 bits per heavy atom. The van der Waals surface area contributed by atoms with Gasteiger partial charge in [-0.3, -0.25) is 0 Å². The number of halogens is 2. The van der Waals surface area contributed by atoms with Crippen LogP contribution in [-0.4, -0.2) is 13.2 Å². The maximum absolute atomic E-state index is 13.3. The molecule has 2 aromatic rings. The highest BCUT2D eigenvalue weighted by Crippen LogP contribution is 2.38. The predicted octanol–water partition coefficient (Wildman–Crippen LogP) is 3.30. The van der Waals surface area contributed by atoms with Crippen molar-refractivity contribution in [1.82, 2.24) is 0 Å². The number of benzene rings is 2. The summed E-state index contributed by atoms with van der Waals surface area (Å²) in [5.74, 6) is 0.894. The molecular weight excluding hydrogens is 281 g/mol. The summed E-state index contributed by atoms with van der Waals surface area (Å²) in [5.41, 5.74) is 7.51. The van der Waals surface area contributed by atoms with Crippen molar-refractivity contribution in [3.05, 3.63) is 58.4 Å². The van der Waals surface area contributed by atoms with Crippen molar-refractivity contribution >= 4 is 11.6 Å². The van der Waals surface area contributed by atoms with E-state index >= 15 is 0 Å². The minimum Gasteiger partial charge on any atom is -0.486 e. The van der Waals surface area contributed by atoms with E-state index in [1.807, 2.05) is 0 Å². The molecule has 2 N–H and O–H groups in total. The Hall–Kier alpha value is -1.78. The Morgan fingerprint density at radius 2 is 1.80 bits per heavy atom. The molecule has 3 nitrogen and oxygen atoms in total. The lowest BCUT2D eigenvalue weighted by molar-refractivity contribution is 0.171. The van der Waals surface area contributed by atoms with Gasteiger partial charge in [0.05, 0.1) is 6.04 Å². The molecule has 1 unspecified atom stereocenters. The van der Waals surface area contributed by atoms with Crippen molar-refractivity contribution in [3.63, 3.8) is 0 Å². The molecule has 2 aromatic carbocycles. The standard InChI is InChI=1S/C15H13ClFNO2/c16-12-8-14-13(19-4-5-20-14)7-11(12)15(18)9-2-1-3-10(17)6-9/h1-3,6-8,15H,4-5,18H2. The molecular formula is C15H13ClFNO2. The fourth-order valence-corrected chi connectivity index (χ4v) is 2.47. The van der Waals surface area contributed by atoms with Crippen molar-refractivity contribution in [3.8, 4) is 11.5 Å². The summed E-state index contributed by atoms with van der Waals surface area (Å²) in [6.45, 7) is 0.988. The van der Waals surface area contributed by atoms with Crippen molar-refractivity contribution in [2.45, 2.75) is 6.04 Å². The minimum absolute atomic E-state index is 0.327. The molecule has 0 bridgehead atoms. The molecule has 5 heteroatoms. The van der Waals surface area contributed by atoms with Crippen LogP contribution >= 0.6 is 11.6 Å². The summed E-state index contributed by atoms with van der Waals surface area (Å²) in [4.78, 5) is 0. The summed E-state index contributed by atoms with van der Waals surface area (Å²) < 4.78 is 24.3. The topological polar surface area (TPSA) is 44.5 Å². The number of rotatable bonds is 2. The van der Waals surface area contributed by atoms with Gasteiger partial charge in [-0.2, -0.15) is 0 Å². The van der Waals surface area contributed by atoms with Gasteiger partial charge >= 0.3 is 0 Å². The Balaban J connectivity index is 2.01. The molecule has 0 aliphatic carbocycles. The molecule has 20 heavy (non-hydrogen) atoms. The fraction of sp³-hybridized carbons (Fsp3) is 0.200. The predicted molar refractivity (Wildman–Crippen MR) is 74.9 cm³/mol. The largest absolute Gasteiger partial charge is 0.486 e. The number of nitrogens with two attached hydrogens (primary N) is 1. The van der Waals surface area contributed by atoms with Gasteiger partial charge in [0.15, 0.2) is 11.5 Å². The quantitative estimate of drug-likeness (QED) is 0.924. The van der Waals surface area contributed by atoms with Gasteiger partial charge in [-0.1, -0.05) is 23.7 Å². The van der Waals surface area contributed by atoms with Crippen molar-refractivity contribution in [2.24, 2.45) is 5.73 Å². The lowest BCUT2D eigenvalue weighted by Gasteiger charge is -2.22. The van der Waals surface area contributed by atoms with Crippen LogP contribution in [0.2, 0.25) is 5.02 Å². The summed E-state index contributed by atoms with van der Waals surface area (Å²) in [5, 5.41) is 0.478. The first kappa shape index (κ1) is 13.2. The zero-order valence-corrected chi connectivity index (χ0v) is 11.4. The van der Waals surface area contributed by atoms with Gasteiger partial charge in [0.1, 0.15) is 19.0 Å². The molecule has 0 fully saturated rings. The smallest absolute Gasteiger partial charge is 0.162 e.